The number of nitrogens with zero attached hydrogens (tertiary/aromatic N) is 3. The van der Waals surface area contributed by atoms with Gasteiger partial charge >= 0.3 is 5.97 Å². The molecule has 1 aliphatic rings. The number of carboxylic acid groups (broad SMARTS) is 1. The lowest BCUT2D eigenvalue weighted by molar-refractivity contribution is -0.142. The van der Waals surface area contributed by atoms with Crippen molar-refractivity contribution in [2.45, 2.75) is 26.2 Å². The molecule has 0 bridgehead atoms. The van der Waals surface area contributed by atoms with Crippen LogP contribution in [0.5, 0.6) is 0 Å². The van der Waals surface area contributed by atoms with Crippen LogP contribution < -0.4 is 4.90 Å². The highest BCUT2D eigenvalue weighted by Crippen LogP contribution is 2.34. The van der Waals surface area contributed by atoms with Crippen molar-refractivity contribution in [1.82, 2.24) is 4.98 Å². The molecule has 2 aromatic carbocycles. The quantitative estimate of drug-likeness (QED) is 0.325. The van der Waals surface area contributed by atoms with Gasteiger partial charge in [-0.15, -0.1) is 0 Å². The van der Waals surface area contributed by atoms with E-state index in [2.05, 4.69) is 46.2 Å². The number of aryl methyl sites for hydroxylation is 2. The summed E-state index contributed by atoms with van der Waals surface area (Å²) in [5.41, 5.74) is 6.84. The molecule has 0 aliphatic carbocycles. The van der Waals surface area contributed by atoms with Gasteiger partial charge in [0.1, 0.15) is 0 Å². The molecule has 32 heavy (non-hydrogen) atoms. The number of hydrogen-bond acceptors (Lipinski definition) is 5. The van der Waals surface area contributed by atoms with E-state index in [1.54, 1.807) is 6.20 Å². The van der Waals surface area contributed by atoms with E-state index < -0.39 is 5.97 Å². The van der Waals surface area contributed by atoms with E-state index in [9.17, 15) is 10.0 Å². The van der Waals surface area contributed by atoms with E-state index in [4.69, 9.17) is 5.11 Å². The Kier molecular flexibility index (Phi) is 6.21. The van der Waals surface area contributed by atoms with Gasteiger partial charge in [0, 0.05) is 48.6 Å². The molecule has 1 fully saturated rings. The summed E-state index contributed by atoms with van der Waals surface area (Å²) in [6.07, 6.45) is 2.26. The lowest BCUT2D eigenvalue weighted by Crippen LogP contribution is -2.50. The molecule has 1 atom stereocenters. The van der Waals surface area contributed by atoms with E-state index in [1.165, 1.54) is 11.1 Å². The van der Waals surface area contributed by atoms with Gasteiger partial charge in [-0.25, -0.2) is 0 Å². The number of carbonyl (C=O) groups is 1. The van der Waals surface area contributed by atoms with Gasteiger partial charge in [0.05, 0.1) is 11.6 Å². The SMILES string of the molecule is Cc1cc(C(CC(c2ccc(N3CC(C(=O)O)C3)cc2)c2ccccc2C)=NO)ccn1. The molecule has 4 rings (SSSR count). The number of rotatable bonds is 7. The van der Waals surface area contributed by atoms with E-state index in [-0.39, 0.29) is 11.8 Å². The summed E-state index contributed by atoms with van der Waals surface area (Å²) in [4.78, 5) is 17.4. The Morgan fingerprint density at radius 1 is 1.12 bits per heavy atom. The van der Waals surface area contributed by atoms with Crippen molar-refractivity contribution < 1.29 is 15.1 Å². The smallest absolute Gasteiger partial charge is 0.310 e. The van der Waals surface area contributed by atoms with Gasteiger partial charge < -0.3 is 15.2 Å². The molecule has 0 radical (unpaired) electrons. The van der Waals surface area contributed by atoms with Gasteiger partial charge in [0.15, 0.2) is 0 Å². The molecule has 0 saturated carbocycles. The number of hydrogen-bond donors (Lipinski definition) is 2. The molecule has 0 amide bonds. The molecule has 0 spiro atoms. The minimum atomic E-state index is -0.736. The lowest BCUT2D eigenvalue weighted by atomic mass is 9.83. The van der Waals surface area contributed by atoms with Crippen LogP contribution in [0.15, 0.2) is 72.0 Å². The fourth-order valence-corrected chi connectivity index (χ4v) is 4.28. The standard InChI is InChI=1S/C26H27N3O3/c1-17-5-3-4-6-23(17)24(14-25(28-32)20-11-12-27-18(2)13-20)19-7-9-22(10-8-19)29-15-21(16-29)26(30)31/h3-13,21,24,32H,14-16H2,1-2H3,(H,30,31). The van der Waals surface area contributed by atoms with Crippen molar-refractivity contribution in [2.24, 2.45) is 11.1 Å². The van der Waals surface area contributed by atoms with Crippen LogP contribution in [0, 0.1) is 19.8 Å². The van der Waals surface area contributed by atoms with Crippen LogP contribution in [0.4, 0.5) is 5.69 Å². The maximum atomic E-state index is 11.1. The molecule has 1 aliphatic heterocycles. The monoisotopic (exact) mass is 429 g/mol. The number of aliphatic carboxylic acids is 1. The third-order valence-electron chi connectivity index (χ3n) is 6.20. The summed E-state index contributed by atoms with van der Waals surface area (Å²) in [5.74, 6) is -1.02. The molecule has 3 aromatic rings. The highest BCUT2D eigenvalue weighted by Gasteiger charge is 2.32. The van der Waals surface area contributed by atoms with E-state index in [0.29, 0.717) is 25.2 Å². The Bertz CT molecular complexity index is 1140. The molecular weight excluding hydrogens is 402 g/mol. The second-order valence-electron chi connectivity index (χ2n) is 8.38. The molecular formula is C26H27N3O3. The van der Waals surface area contributed by atoms with Crippen molar-refractivity contribution in [3.05, 3.63) is 94.8 Å². The average Bonchev–Trinajstić information content (AvgIpc) is 2.75. The first-order valence-electron chi connectivity index (χ1n) is 10.7. The summed E-state index contributed by atoms with van der Waals surface area (Å²) in [7, 11) is 0. The van der Waals surface area contributed by atoms with Crippen LogP contribution in [-0.4, -0.2) is 40.1 Å². The zero-order valence-corrected chi connectivity index (χ0v) is 18.3. The first-order chi connectivity index (χ1) is 15.5. The van der Waals surface area contributed by atoms with Crippen molar-refractivity contribution in [1.29, 1.82) is 0 Å². The van der Waals surface area contributed by atoms with Crippen molar-refractivity contribution in [2.75, 3.05) is 18.0 Å². The average molecular weight is 430 g/mol. The van der Waals surface area contributed by atoms with E-state index in [1.807, 2.05) is 43.3 Å². The van der Waals surface area contributed by atoms with Crippen LogP contribution in [0.3, 0.4) is 0 Å². The lowest BCUT2D eigenvalue weighted by Gasteiger charge is -2.38. The van der Waals surface area contributed by atoms with Crippen molar-refractivity contribution in [3.8, 4) is 0 Å². The third kappa shape index (κ3) is 4.49. The molecule has 1 unspecified atom stereocenters. The van der Waals surface area contributed by atoms with Crippen LogP contribution in [-0.2, 0) is 4.79 Å². The Balaban J connectivity index is 1.63. The minimum absolute atomic E-state index is 0.00720. The van der Waals surface area contributed by atoms with Gasteiger partial charge in [0.2, 0.25) is 0 Å². The first kappa shape index (κ1) is 21.6. The molecule has 6 heteroatoms. The van der Waals surface area contributed by atoms with Gasteiger partial charge in [-0.2, -0.15) is 0 Å². The summed E-state index contributed by atoms with van der Waals surface area (Å²) in [6, 6.07) is 20.3. The second kappa shape index (κ2) is 9.22. The second-order valence-corrected chi connectivity index (χ2v) is 8.38. The zero-order chi connectivity index (χ0) is 22.7. The molecule has 1 aromatic heterocycles. The number of pyridine rings is 1. The molecule has 1 saturated heterocycles. The maximum absolute atomic E-state index is 11.1. The Morgan fingerprint density at radius 3 is 2.47 bits per heavy atom. The first-order valence-corrected chi connectivity index (χ1v) is 10.7. The van der Waals surface area contributed by atoms with Gasteiger partial charge in [-0.05, 0) is 54.8 Å². The number of oxime groups is 1. The normalized spacial score (nSPS) is 15.3. The zero-order valence-electron chi connectivity index (χ0n) is 18.3. The molecule has 6 nitrogen and oxygen atoms in total. The van der Waals surface area contributed by atoms with Gasteiger partial charge in [-0.1, -0.05) is 41.6 Å². The van der Waals surface area contributed by atoms with Crippen LogP contribution in [0.1, 0.15) is 40.3 Å². The predicted molar refractivity (Wildman–Crippen MR) is 125 cm³/mol. The van der Waals surface area contributed by atoms with Gasteiger partial charge in [0.25, 0.3) is 0 Å². The predicted octanol–water partition coefficient (Wildman–Crippen LogP) is 4.62. The molecule has 2 N–H and O–H groups in total. The number of aromatic nitrogens is 1. The fraction of sp³-hybridized carbons (Fsp3) is 0.269. The van der Waals surface area contributed by atoms with Gasteiger partial charge in [-0.3, -0.25) is 9.78 Å². The number of benzene rings is 2. The maximum Gasteiger partial charge on any atom is 0.310 e. The Morgan fingerprint density at radius 2 is 1.84 bits per heavy atom. The van der Waals surface area contributed by atoms with E-state index >= 15 is 0 Å². The van der Waals surface area contributed by atoms with Crippen LogP contribution >= 0.6 is 0 Å². The summed E-state index contributed by atoms with van der Waals surface area (Å²) >= 11 is 0. The number of carboxylic acids is 1. The van der Waals surface area contributed by atoms with Crippen LogP contribution in [0.25, 0.3) is 0 Å². The molecule has 164 valence electrons. The minimum Gasteiger partial charge on any atom is -0.481 e. The molecule has 2 heterocycles. The number of anilines is 1. The largest absolute Gasteiger partial charge is 0.481 e. The summed E-state index contributed by atoms with van der Waals surface area (Å²) < 4.78 is 0. The third-order valence-corrected chi connectivity index (χ3v) is 6.20. The highest BCUT2D eigenvalue weighted by atomic mass is 16.4. The van der Waals surface area contributed by atoms with Crippen LogP contribution in [0.2, 0.25) is 0 Å². The van der Waals surface area contributed by atoms with Crippen molar-refractivity contribution >= 4 is 17.4 Å². The summed E-state index contributed by atoms with van der Waals surface area (Å²) in [5, 5.41) is 22.6. The summed E-state index contributed by atoms with van der Waals surface area (Å²) in [6.45, 7) is 5.09. The Hall–Kier alpha value is -3.67. The highest BCUT2D eigenvalue weighted by molar-refractivity contribution is 6.01. The van der Waals surface area contributed by atoms with Crippen molar-refractivity contribution in [3.63, 3.8) is 0 Å². The Labute approximate surface area is 187 Å². The fourth-order valence-electron chi connectivity index (χ4n) is 4.28. The van der Waals surface area contributed by atoms with E-state index in [0.717, 1.165) is 22.5 Å². The topological polar surface area (TPSA) is 86.0 Å².